The van der Waals surface area contributed by atoms with Gasteiger partial charge in [-0.15, -0.1) is 0 Å². The maximum absolute atomic E-state index is 2.32. The van der Waals surface area contributed by atoms with Crippen LogP contribution in [-0.4, -0.2) is 0 Å². The lowest BCUT2D eigenvalue weighted by Crippen LogP contribution is -2.19. The van der Waals surface area contributed by atoms with Crippen LogP contribution < -0.4 is 21.2 Å². The Balaban J connectivity index is 1.28. The molecule has 0 aromatic heterocycles. The summed E-state index contributed by atoms with van der Waals surface area (Å²) < 4.78 is 0. The van der Waals surface area contributed by atoms with Gasteiger partial charge in [0.15, 0.2) is 0 Å². The summed E-state index contributed by atoms with van der Waals surface area (Å²) in [6.45, 7) is 0. The van der Waals surface area contributed by atoms with Gasteiger partial charge < -0.3 is 0 Å². The van der Waals surface area contributed by atoms with E-state index in [1.54, 1.807) is 0 Å². The van der Waals surface area contributed by atoms with Gasteiger partial charge in [-0.1, -0.05) is 133 Å². The van der Waals surface area contributed by atoms with E-state index < -0.39 is 15.8 Å². The van der Waals surface area contributed by atoms with Gasteiger partial charge in [-0.25, -0.2) is 0 Å². The van der Waals surface area contributed by atoms with Crippen molar-refractivity contribution in [1.29, 1.82) is 0 Å². The molecule has 0 atom stereocenters. The summed E-state index contributed by atoms with van der Waals surface area (Å²) in [5.41, 5.74) is 2.80. The second-order valence-corrected chi connectivity index (χ2v) is 13.4. The molecule has 0 aliphatic heterocycles. The van der Waals surface area contributed by atoms with Crippen molar-refractivity contribution in [3.63, 3.8) is 0 Å². The molecule has 182 valence electrons. The van der Waals surface area contributed by atoms with Crippen molar-refractivity contribution in [2.75, 3.05) is 0 Å². The van der Waals surface area contributed by atoms with Gasteiger partial charge in [-0.2, -0.15) is 0 Å². The SMILES string of the molecule is [CH]1[CH][C](/C=C/[C]2[CH][CH][CH][C]2P(c2ccccc2)c2ccccc2)[C](P(c2ccccc2)c2ccccc2)[CH]1. The van der Waals surface area contributed by atoms with Crippen LogP contribution in [-0.2, 0) is 0 Å². The zero-order valence-corrected chi connectivity index (χ0v) is 22.8. The maximum atomic E-state index is 2.32. The Morgan fingerprint density at radius 3 is 0.921 bits per heavy atom. The first kappa shape index (κ1) is 25.7. The third kappa shape index (κ3) is 5.73. The van der Waals surface area contributed by atoms with Crippen molar-refractivity contribution in [3.8, 4) is 0 Å². The van der Waals surface area contributed by atoms with Crippen molar-refractivity contribution in [2.45, 2.75) is 0 Å². The van der Waals surface area contributed by atoms with Gasteiger partial charge in [-0.05, 0) is 75.6 Å². The average molecular weight is 523 g/mol. The Hall–Kier alpha value is -2.52. The molecule has 0 spiro atoms. The second kappa shape index (κ2) is 12.6. The van der Waals surface area contributed by atoms with Crippen LogP contribution in [0.3, 0.4) is 0 Å². The Labute approximate surface area is 231 Å². The molecule has 4 aromatic rings. The zero-order valence-electron chi connectivity index (χ0n) is 21.1. The van der Waals surface area contributed by atoms with E-state index in [0.29, 0.717) is 0 Å². The minimum atomic E-state index is -0.638. The van der Waals surface area contributed by atoms with E-state index in [4.69, 9.17) is 0 Å². The van der Waals surface area contributed by atoms with Gasteiger partial charge in [0.05, 0.1) is 0 Å². The highest BCUT2D eigenvalue weighted by Crippen LogP contribution is 2.58. The molecule has 2 heteroatoms. The van der Waals surface area contributed by atoms with Gasteiger partial charge in [0.25, 0.3) is 0 Å². The first-order valence-electron chi connectivity index (χ1n) is 12.9. The highest BCUT2D eigenvalue weighted by Gasteiger charge is 2.38. The summed E-state index contributed by atoms with van der Waals surface area (Å²) in [6, 6.07) is 43.7. The van der Waals surface area contributed by atoms with Crippen LogP contribution in [0.5, 0.6) is 0 Å². The summed E-state index contributed by atoms with van der Waals surface area (Å²) in [7, 11) is -1.28. The minimum absolute atomic E-state index is 0.638. The third-order valence-electron chi connectivity index (χ3n) is 6.63. The summed E-state index contributed by atoms with van der Waals surface area (Å²) >= 11 is 0. The second-order valence-electron chi connectivity index (χ2n) is 9.08. The van der Waals surface area contributed by atoms with E-state index in [1.165, 1.54) is 44.4 Å². The van der Waals surface area contributed by atoms with Crippen molar-refractivity contribution in [1.82, 2.24) is 0 Å². The predicted octanol–water partition coefficient (Wildman–Crippen LogP) is 7.27. The van der Waals surface area contributed by atoms with Gasteiger partial charge >= 0.3 is 0 Å². The maximum Gasteiger partial charge on any atom is 0.0235 e. The molecular formula is C36H28P2. The van der Waals surface area contributed by atoms with Crippen molar-refractivity contribution in [3.05, 3.63) is 195 Å². The predicted molar refractivity (Wildman–Crippen MR) is 166 cm³/mol. The lowest BCUT2D eigenvalue weighted by molar-refractivity contribution is 1.27. The molecule has 0 nitrogen and oxygen atoms in total. The number of hydrogen-bond acceptors (Lipinski definition) is 0. The molecule has 0 saturated heterocycles. The molecule has 0 amide bonds. The number of benzene rings is 4. The van der Waals surface area contributed by atoms with Crippen LogP contribution in [0.1, 0.15) is 0 Å². The van der Waals surface area contributed by atoms with Crippen LogP contribution in [0.15, 0.2) is 133 Å². The van der Waals surface area contributed by atoms with Crippen LogP contribution in [0.4, 0.5) is 0 Å². The first-order valence-corrected chi connectivity index (χ1v) is 15.6. The van der Waals surface area contributed by atoms with Gasteiger partial charge in [0.1, 0.15) is 0 Å². The van der Waals surface area contributed by atoms with Crippen LogP contribution >= 0.6 is 15.8 Å². The summed E-state index contributed by atoms with van der Waals surface area (Å²) in [5, 5.41) is 5.50. The van der Waals surface area contributed by atoms with E-state index in [1.807, 2.05) is 0 Å². The molecular weight excluding hydrogens is 494 g/mol. The van der Waals surface area contributed by atoms with Crippen molar-refractivity contribution < 1.29 is 0 Å². The van der Waals surface area contributed by atoms with Crippen molar-refractivity contribution in [2.24, 2.45) is 0 Å². The lowest BCUT2D eigenvalue weighted by atomic mass is 10.0. The number of hydrogen-bond donors (Lipinski definition) is 0. The minimum Gasteiger partial charge on any atom is -0.0795 e. The Bertz CT molecular complexity index is 1100. The van der Waals surface area contributed by atoms with Gasteiger partial charge in [-0.3, -0.25) is 0 Å². The molecule has 0 heterocycles. The molecule has 2 aliphatic carbocycles. The van der Waals surface area contributed by atoms with Crippen molar-refractivity contribution >= 4 is 37.1 Å². The van der Waals surface area contributed by atoms with E-state index in [-0.39, 0.29) is 0 Å². The molecule has 2 aliphatic rings. The van der Waals surface area contributed by atoms with E-state index in [2.05, 4.69) is 172 Å². The highest BCUT2D eigenvalue weighted by molar-refractivity contribution is 7.76. The first-order chi connectivity index (χ1) is 18.9. The molecule has 10 radical (unpaired) electrons. The standard InChI is InChI=1S/C36H28P2/c1-5-17-31(18-6-1)37(32-19-7-2-8-20-32)35-25-13-15-29(35)27-28-30-16-14-26-36(30)38(33-21-9-3-10-22-33)34-23-11-4-12-24-34/h1-28H/b28-27+. The molecule has 0 bridgehead atoms. The fourth-order valence-corrected chi connectivity index (χ4v) is 9.76. The van der Waals surface area contributed by atoms with E-state index >= 15 is 0 Å². The lowest BCUT2D eigenvalue weighted by Gasteiger charge is -2.29. The van der Waals surface area contributed by atoms with E-state index in [0.717, 1.165) is 0 Å². The normalized spacial score (nSPS) is 17.8. The summed E-state index contributed by atoms with van der Waals surface area (Å²) in [6.07, 6.45) is 18.2. The Morgan fingerprint density at radius 2 is 0.632 bits per heavy atom. The highest BCUT2D eigenvalue weighted by atomic mass is 31.1. The molecule has 0 unspecified atom stereocenters. The quantitative estimate of drug-likeness (QED) is 0.214. The fraction of sp³-hybridized carbons (Fsp3) is 0. The molecule has 6 rings (SSSR count). The molecule has 2 fully saturated rings. The topological polar surface area (TPSA) is 0 Å². The van der Waals surface area contributed by atoms with Gasteiger partial charge in [0.2, 0.25) is 0 Å². The third-order valence-corrected chi connectivity index (χ3v) is 11.7. The largest absolute Gasteiger partial charge is 0.0795 e. The smallest absolute Gasteiger partial charge is 0.0235 e. The Kier molecular flexibility index (Phi) is 8.51. The van der Waals surface area contributed by atoms with E-state index in [9.17, 15) is 0 Å². The number of rotatable bonds is 8. The fourth-order valence-electron chi connectivity index (χ4n) is 4.88. The van der Waals surface area contributed by atoms with Gasteiger partial charge in [0, 0.05) is 23.2 Å². The summed E-state index contributed by atoms with van der Waals surface area (Å²) in [5.74, 6) is 2.58. The molecule has 4 aromatic carbocycles. The summed E-state index contributed by atoms with van der Waals surface area (Å²) in [4.78, 5) is 0. The average Bonchev–Trinajstić information content (AvgIpc) is 3.64. The zero-order chi connectivity index (χ0) is 25.6. The van der Waals surface area contributed by atoms with Crippen LogP contribution in [0, 0.1) is 61.7 Å². The molecule has 2 saturated carbocycles. The number of allylic oxidation sites excluding steroid dienone is 2. The van der Waals surface area contributed by atoms with Crippen LogP contribution in [0.25, 0.3) is 0 Å². The Morgan fingerprint density at radius 1 is 0.342 bits per heavy atom. The monoisotopic (exact) mass is 522 g/mol. The van der Waals surface area contributed by atoms with Crippen LogP contribution in [0.2, 0.25) is 0 Å². The molecule has 38 heavy (non-hydrogen) atoms. The molecule has 0 N–H and O–H groups in total.